The number of phenolic OH excluding ortho intramolecular Hbond substituents is 1. The summed E-state index contributed by atoms with van der Waals surface area (Å²) in [5.41, 5.74) is 0.179. The number of carbonyl (C=O) groups excluding carboxylic acids is 1. The van der Waals surface area contributed by atoms with Crippen molar-refractivity contribution in [2.24, 2.45) is 0 Å². The van der Waals surface area contributed by atoms with Crippen molar-refractivity contribution in [3.05, 3.63) is 35.9 Å². The van der Waals surface area contributed by atoms with Gasteiger partial charge in [0.25, 0.3) is 0 Å². The summed E-state index contributed by atoms with van der Waals surface area (Å²) in [7, 11) is 1.90. The molecule has 0 amide bonds. The van der Waals surface area contributed by atoms with Gasteiger partial charge in [-0.25, -0.2) is 4.79 Å². The lowest BCUT2D eigenvalue weighted by molar-refractivity contribution is 0.00695. The second-order valence-corrected chi connectivity index (χ2v) is 7.23. The predicted octanol–water partition coefficient (Wildman–Crippen LogP) is 4.53. The van der Waals surface area contributed by atoms with Crippen molar-refractivity contribution in [3.63, 3.8) is 0 Å². The van der Waals surface area contributed by atoms with E-state index in [4.69, 9.17) is 4.74 Å². The van der Waals surface area contributed by atoms with E-state index < -0.39 is 11.6 Å². The highest BCUT2D eigenvalue weighted by Crippen LogP contribution is 2.33. The van der Waals surface area contributed by atoms with Crippen LogP contribution < -0.4 is 4.90 Å². The first-order valence-corrected chi connectivity index (χ1v) is 7.96. The fourth-order valence-corrected chi connectivity index (χ4v) is 2.08. The fraction of sp³-hybridized carbons (Fsp3) is 0.526. The molecule has 1 N–H and O–H groups in total. The van der Waals surface area contributed by atoms with Crippen LogP contribution in [0.3, 0.4) is 0 Å². The average molecular weight is 319 g/mol. The first-order valence-electron chi connectivity index (χ1n) is 7.96. The second-order valence-electron chi connectivity index (χ2n) is 7.23. The quantitative estimate of drug-likeness (QED) is 0.640. The van der Waals surface area contributed by atoms with Crippen LogP contribution in [0.15, 0.2) is 30.4 Å². The van der Waals surface area contributed by atoms with Gasteiger partial charge in [0.05, 0.1) is 16.8 Å². The van der Waals surface area contributed by atoms with E-state index in [9.17, 15) is 9.90 Å². The third-order valence-corrected chi connectivity index (χ3v) is 3.60. The van der Waals surface area contributed by atoms with Crippen LogP contribution in [0, 0.1) is 0 Å². The summed E-state index contributed by atoms with van der Waals surface area (Å²) >= 11 is 0. The van der Waals surface area contributed by atoms with Gasteiger partial charge in [-0.15, -0.1) is 0 Å². The minimum Gasteiger partial charge on any atom is -0.506 e. The number of rotatable bonds is 5. The molecule has 1 rings (SSSR count). The van der Waals surface area contributed by atoms with E-state index in [-0.39, 0.29) is 11.3 Å². The molecule has 0 atom stereocenters. The smallest absolute Gasteiger partial charge is 0.338 e. The Labute approximate surface area is 139 Å². The molecule has 0 aliphatic carbocycles. The first-order chi connectivity index (χ1) is 10.5. The van der Waals surface area contributed by atoms with E-state index in [1.165, 1.54) is 6.07 Å². The average Bonchev–Trinajstić information content (AvgIpc) is 2.43. The molecule has 0 spiro atoms. The Kier molecular flexibility index (Phi) is 5.86. The second kappa shape index (κ2) is 7.07. The normalized spacial score (nSPS) is 12.5. The minimum atomic E-state index is -0.551. The van der Waals surface area contributed by atoms with E-state index >= 15 is 0 Å². The minimum absolute atomic E-state index is 0.137. The molecule has 0 bridgehead atoms. The van der Waals surface area contributed by atoms with Crippen LogP contribution in [0.2, 0.25) is 0 Å². The number of aromatic hydroxyl groups is 1. The van der Waals surface area contributed by atoms with Crippen molar-refractivity contribution in [2.45, 2.75) is 59.1 Å². The van der Waals surface area contributed by atoms with Crippen LogP contribution in [-0.4, -0.2) is 29.3 Å². The summed E-state index contributed by atoms with van der Waals surface area (Å²) < 4.78 is 5.40. The third-order valence-electron chi connectivity index (χ3n) is 3.60. The highest BCUT2D eigenvalue weighted by atomic mass is 16.6. The number of anilines is 1. The van der Waals surface area contributed by atoms with Crippen molar-refractivity contribution >= 4 is 11.7 Å². The molecule has 0 aliphatic rings. The number of nitrogens with zero attached hydrogens (tertiary/aromatic N) is 1. The van der Waals surface area contributed by atoms with E-state index in [1.54, 1.807) is 12.1 Å². The Morgan fingerprint density at radius 2 is 1.87 bits per heavy atom. The Bertz CT molecular complexity index is 583. The van der Waals surface area contributed by atoms with Crippen molar-refractivity contribution in [1.82, 2.24) is 0 Å². The van der Waals surface area contributed by atoms with Crippen LogP contribution >= 0.6 is 0 Å². The topological polar surface area (TPSA) is 49.8 Å². The van der Waals surface area contributed by atoms with E-state index in [1.807, 2.05) is 32.7 Å². The van der Waals surface area contributed by atoms with Crippen molar-refractivity contribution in [3.8, 4) is 5.75 Å². The van der Waals surface area contributed by atoms with Crippen LogP contribution in [0.4, 0.5) is 5.69 Å². The molecule has 0 saturated heterocycles. The van der Waals surface area contributed by atoms with E-state index in [2.05, 4.69) is 32.9 Å². The van der Waals surface area contributed by atoms with Crippen LogP contribution in [0.1, 0.15) is 58.3 Å². The maximum Gasteiger partial charge on any atom is 0.338 e. The molecule has 0 fully saturated rings. The monoisotopic (exact) mass is 319 g/mol. The molecule has 4 heteroatoms. The van der Waals surface area contributed by atoms with Crippen LogP contribution in [0.5, 0.6) is 5.75 Å². The fourth-order valence-electron chi connectivity index (χ4n) is 2.08. The molecule has 0 heterocycles. The van der Waals surface area contributed by atoms with Gasteiger partial charge < -0.3 is 14.7 Å². The van der Waals surface area contributed by atoms with Gasteiger partial charge in [0, 0.05) is 7.05 Å². The number of hydrogen-bond donors (Lipinski definition) is 1. The van der Waals surface area contributed by atoms with Gasteiger partial charge in [-0.1, -0.05) is 19.1 Å². The predicted molar refractivity (Wildman–Crippen MR) is 95.2 cm³/mol. The summed E-state index contributed by atoms with van der Waals surface area (Å²) in [6.45, 7) is 11.7. The Balaban J connectivity index is 3.15. The molecule has 0 saturated carbocycles. The maximum absolute atomic E-state index is 12.2. The Morgan fingerprint density at radius 3 is 2.39 bits per heavy atom. The lowest BCUT2D eigenvalue weighted by Crippen LogP contribution is -2.39. The van der Waals surface area contributed by atoms with E-state index in [0.29, 0.717) is 11.3 Å². The zero-order valence-electron chi connectivity index (χ0n) is 15.3. The zero-order valence-corrected chi connectivity index (χ0v) is 15.3. The molecule has 1 aromatic rings. The Hall–Kier alpha value is -1.97. The first kappa shape index (κ1) is 19.1. The summed E-state index contributed by atoms with van der Waals surface area (Å²) in [5.74, 6) is -0.258. The lowest BCUT2D eigenvalue weighted by Gasteiger charge is -2.35. The SMILES string of the molecule is CC/C=C\C(C)(C)N(C)c1cc(C(=O)OC(C)(C)C)ccc1O. The van der Waals surface area contributed by atoms with Gasteiger partial charge in [-0.3, -0.25) is 0 Å². The number of likely N-dealkylation sites (N-methyl/N-ethyl adjacent to an activating group) is 1. The van der Waals surface area contributed by atoms with Gasteiger partial charge in [0.1, 0.15) is 11.4 Å². The highest BCUT2D eigenvalue weighted by molar-refractivity contribution is 5.91. The summed E-state index contributed by atoms with van der Waals surface area (Å²) in [4.78, 5) is 14.2. The number of phenols is 1. The molecule has 0 aliphatic heterocycles. The highest BCUT2D eigenvalue weighted by Gasteiger charge is 2.25. The standard InChI is InChI=1S/C19H29NO3/c1-8-9-12-19(5,6)20(7)15-13-14(10-11-16(15)21)17(22)23-18(2,3)4/h9-13,21H,8H2,1-7H3/b12-9-. The van der Waals surface area contributed by atoms with Crippen LogP contribution in [-0.2, 0) is 4.74 Å². The molecule has 128 valence electrons. The van der Waals surface area contributed by atoms with Gasteiger partial charge in [-0.05, 0) is 59.2 Å². The summed E-state index contributed by atoms with van der Waals surface area (Å²) in [6, 6.07) is 4.78. The number of allylic oxidation sites excluding steroid dienone is 1. The maximum atomic E-state index is 12.2. The number of ether oxygens (including phenoxy) is 1. The number of esters is 1. The van der Waals surface area contributed by atoms with Gasteiger partial charge in [-0.2, -0.15) is 0 Å². The largest absolute Gasteiger partial charge is 0.506 e. The summed E-state index contributed by atoms with van der Waals surface area (Å²) in [6.07, 6.45) is 5.12. The lowest BCUT2D eigenvalue weighted by atomic mass is 10.0. The number of carbonyl (C=O) groups is 1. The van der Waals surface area contributed by atoms with Crippen LogP contribution in [0.25, 0.3) is 0 Å². The van der Waals surface area contributed by atoms with E-state index in [0.717, 1.165) is 6.42 Å². The molecule has 0 radical (unpaired) electrons. The molecular formula is C19H29NO3. The Morgan fingerprint density at radius 1 is 1.26 bits per heavy atom. The third kappa shape index (κ3) is 5.31. The zero-order chi connectivity index (χ0) is 17.8. The number of benzene rings is 1. The molecule has 23 heavy (non-hydrogen) atoms. The van der Waals surface area contributed by atoms with Crippen molar-refractivity contribution in [1.29, 1.82) is 0 Å². The molecular weight excluding hydrogens is 290 g/mol. The van der Waals surface area contributed by atoms with Gasteiger partial charge in [0.2, 0.25) is 0 Å². The number of hydrogen-bond acceptors (Lipinski definition) is 4. The summed E-state index contributed by atoms with van der Waals surface area (Å²) in [5, 5.41) is 10.2. The van der Waals surface area contributed by atoms with Gasteiger partial charge in [0.15, 0.2) is 0 Å². The molecule has 0 unspecified atom stereocenters. The molecule has 4 nitrogen and oxygen atoms in total. The molecule has 1 aromatic carbocycles. The van der Waals surface area contributed by atoms with Gasteiger partial charge >= 0.3 is 5.97 Å². The van der Waals surface area contributed by atoms with Crippen molar-refractivity contribution in [2.75, 3.05) is 11.9 Å². The van der Waals surface area contributed by atoms with Crippen molar-refractivity contribution < 1.29 is 14.6 Å². The molecule has 0 aromatic heterocycles.